The molecule has 2 aliphatic rings. The minimum atomic E-state index is -1.37. The Morgan fingerprint density at radius 2 is 1.28 bits per heavy atom. The van der Waals surface area contributed by atoms with Crippen LogP contribution < -0.4 is 0 Å². The van der Waals surface area contributed by atoms with Crippen molar-refractivity contribution in [3.05, 3.63) is 35.1 Å². The maximum Gasteiger partial charge on any atom is 0.194 e. The molecule has 0 radical (unpaired) electrons. The summed E-state index contributed by atoms with van der Waals surface area (Å²) >= 11 is 0. The molecule has 1 nitrogen and oxygen atoms in total. The van der Waals surface area contributed by atoms with E-state index in [1.54, 1.807) is 0 Å². The van der Waals surface area contributed by atoms with Gasteiger partial charge in [-0.3, -0.25) is 0 Å². The van der Waals surface area contributed by atoms with E-state index in [1.165, 1.54) is 25.7 Å². The standard InChI is InChI=1S/C21H27F3O/c22-19-11-18(12-20(23)21(19)24)17-9-7-15(8-10-17)2-1-14-3-5-16(13-25)6-4-14/h11-17H,1-10H2/t14?,15-,16?,17-. The molecule has 0 bridgehead atoms. The molecule has 4 heteroatoms. The van der Waals surface area contributed by atoms with Crippen molar-refractivity contribution < 1.29 is 18.0 Å². The Labute approximate surface area is 148 Å². The molecule has 2 saturated carbocycles. The molecule has 2 aliphatic carbocycles. The van der Waals surface area contributed by atoms with Gasteiger partial charge in [-0.15, -0.1) is 0 Å². The Kier molecular flexibility index (Phi) is 6.19. The lowest BCUT2D eigenvalue weighted by atomic mass is 9.74. The van der Waals surface area contributed by atoms with Crippen LogP contribution >= 0.6 is 0 Å². The summed E-state index contributed by atoms with van der Waals surface area (Å²) in [6.45, 7) is 0. The van der Waals surface area contributed by atoms with Crippen molar-refractivity contribution >= 4 is 6.29 Å². The van der Waals surface area contributed by atoms with Gasteiger partial charge in [-0.05, 0) is 86.8 Å². The fraction of sp³-hybridized carbons (Fsp3) is 0.667. The van der Waals surface area contributed by atoms with Crippen LogP contribution in [0.15, 0.2) is 12.1 Å². The molecule has 0 saturated heterocycles. The average Bonchev–Trinajstić information content (AvgIpc) is 2.65. The second kappa shape index (κ2) is 8.37. The third kappa shape index (κ3) is 4.65. The highest BCUT2D eigenvalue weighted by molar-refractivity contribution is 5.53. The van der Waals surface area contributed by atoms with Gasteiger partial charge in [0.05, 0.1) is 0 Å². The Balaban J connectivity index is 1.44. The van der Waals surface area contributed by atoms with Gasteiger partial charge in [-0.1, -0.05) is 12.8 Å². The van der Waals surface area contributed by atoms with Gasteiger partial charge in [-0.25, -0.2) is 13.2 Å². The number of hydrogen-bond donors (Lipinski definition) is 0. The van der Waals surface area contributed by atoms with E-state index in [4.69, 9.17) is 0 Å². The zero-order chi connectivity index (χ0) is 17.8. The molecule has 0 heterocycles. The first kappa shape index (κ1) is 18.5. The topological polar surface area (TPSA) is 17.1 Å². The lowest BCUT2D eigenvalue weighted by molar-refractivity contribution is -0.112. The molecular weight excluding hydrogens is 325 g/mol. The quantitative estimate of drug-likeness (QED) is 0.458. The van der Waals surface area contributed by atoms with Crippen molar-refractivity contribution in [3.8, 4) is 0 Å². The van der Waals surface area contributed by atoms with Crippen LogP contribution in [0, 0.1) is 35.2 Å². The predicted molar refractivity (Wildman–Crippen MR) is 91.8 cm³/mol. The number of hydrogen-bond acceptors (Lipinski definition) is 1. The van der Waals surface area contributed by atoms with E-state index in [2.05, 4.69) is 0 Å². The van der Waals surface area contributed by atoms with Crippen LogP contribution in [-0.4, -0.2) is 6.29 Å². The highest BCUT2D eigenvalue weighted by Crippen LogP contribution is 2.40. The van der Waals surface area contributed by atoms with Gasteiger partial charge in [0, 0.05) is 5.92 Å². The molecule has 138 valence electrons. The monoisotopic (exact) mass is 352 g/mol. The van der Waals surface area contributed by atoms with Crippen molar-refractivity contribution in [2.75, 3.05) is 0 Å². The van der Waals surface area contributed by atoms with Gasteiger partial charge < -0.3 is 4.79 Å². The second-order valence-electron chi connectivity index (χ2n) is 8.01. The van der Waals surface area contributed by atoms with Gasteiger partial charge in [0.15, 0.2) is 17.5 Å². The van der Waals surface area contributed by atoms with Crippen LogP contribution in [0.25, 0.3) is 0 Å². The van der Waals surface area contributed by atoms with E-state index >= 15 is 0 Å². The van der Waals surface area contributed by atoms with Gasteiger partial charge in [-0.2, -0.15) is 0 Å². The van der Waals surface area contributed by atoms with Crippen molar-refractivity contribution in [2.45, 2.75) is 70.1 Å². The molecule has 0 amide bonds. The molecule has 2 fully saturated rings. The normalized spacial score (nSPS) is 30.2. The molecule has 1 aromatic rings. The van der Waals surface area contributed by atoms with Crippen molar-refractivity contribution in [1.82, 2.24) is 0 Å². The lowest BCUT2D eigenvalue weighted by Crippen LogP contribution is -2.18. The molecule has 0 aromatic heterocycles. The third-order valence-corrected chi connectivity index (χ3v) is 6.39. The SMILES string of the molecule is O=CC1CCC(CC[C@H]2CC[C@H](c3cc(F)c(F)c(F)c3)CC2)CC1. The minimum absolute atomic E-state index is 0.142. The summed E-state index contributed by atoms with van der Waals surface area (Å²) in [5.41, 5.74) is 0.599. The maximum absolute atomic E-state index is 13.4. The number of rotatable bonds is 5. The number of carbonyl (C=O) groups excluding carboxylic acids is 1. The fourth-order valence-corrected chi connectivity index (χ4v) is 4.68. The minimum Gasteiger partial charge on any atom is -0.303 e. The van der Waals surface area contributed by atoms with Crippen molar-refractivity contribution in [2.24, 2.45) is 17.8 Å². The van der Waals surface area contributed by atoms with Gasteiger partial charge in [0.1, 0.15) is 6.29 Å². The number of carbonyl (C=O) groups is 1. The van der Waals surface area contributed by atoms with E-state index in [1.807, 2.05) is 0 Å². The molecule has 1 aromatic carbocycles. The smallest absolute Gasteiger partial charge is 0.194 e. The Morgan fingerprint density at radius 1 is 0.800 bits per heavy atom. The number of benzene rings is 1. The van der Waals surface area contributed by atoms with E-state index in [0.29, 0.717) is 11.5 Å². The van der Waals surface area contributed by atoms with Crippen molar-refractivity contribution in [1.29, 1.82) is 0 Å². The first-order valence-corrected chi connectivity index (χ1v) is 9.66. The van der Waals surface area contributed by atoms with Crippen LogP contribution in [0.1, 0.15) is 75.7 Å². The number of halogens is 3. The Bertz CT molecular complexity index is 562. The summed E-state index contributed by atoms with van der Waals surface area (Å²) in [7, 11) is 0. The zero-order valence-electron chi connectivity index (χ0n) is 14.7. The highest BCUT2D eigenvalue weighted by Gasteiger charge is 2.26. The molecular formula is C21H27F3O. The molecule has 25 heavy (non-hydrogen) atoms. The third-order valence-electron chi connectivity index (χ3n) is 6.39. The van der Waals surface area contributed by atoms with Crippen LogP contribution in [-0.2, 0) is 4.79 Å². The van der Waals surface area contributed by atoms with Gasteiger partial charge in [0.25, 0.3) is 0 Å². The predicted octanol–water partition coefficient (Wildman–Crippen LogP) is 6.16. The van der Waals surface area contributed by atoms with Crippen LogP contribution in [0.5, 0.6) is 0 Å². The number of aldehydes is 1. The van der Waals surface area contributed by atoms with E-state index in [-0.39, 0.29) is 11.8 Å². The zero-order valence-corrected chi connectivity index (χ0v) is 14.7. The van der Waals surface area contributed by atoms with Crippen LogP contribution in [0.3, 0.4) is 0 Å². The van der Waals surface area contributed by atoms with Gasteiger partial charge in [0.2, 0.25) is 0 Å². The largest absolute Gasteiger partial charge is 0.303 e. The fourth-order valence-electron chi connectivity index (χ4n) is 4.68. The first-order valence-electron chi connectivity index (χ1n) is 9.66. The molecule has 0 atom stereocenters. The molecule has 0 unspecified atom stereocenters. The van der Waals surface area contributed by atoms with Crippen molar-refractivity contribution in [3.63, 3.8) is 0 Å². The Hall–Kier alpha value is -1.32. The summed E-state index contributed by atoms with van der Waals surface area (Å²) < 4.78 is 39.9. The van der Waals surface area contributed by atoms with Crippen LogP contribution in [0.2, 0.25) is 0 Å². The van der Waals surface area contributed by atoms with E-state index < -0.39 is 17.5 Å². The second-order valence-corrected chi connectivity index (χ2v) is 8.01. The first-order chi connectivity index (χ1) is 12.1. The lowest BCUT2D eigenvalue weighted by Gasteiger charge is -2.31. The molecule has 0 spiro atoms. The summed E-state index contributed by atoms with van der Waals surface area (Å²) in [6, 6.07) is 2.32. The molecule has 0 aliphatic heterocycles. The molecule has 3 rings (SSSR count). The maximum atomic E-state index is 13.4. The van der Waals surface area contributed by atoms with Crippen LogP contribution in [0.4, 0.5) is 13.2 Å². The van der Waals surface area contributed by atoms with Gasteiger partial charge >= 0.3 is 0 Å². The summed E-state index contributed by atoms with van der Waals surface area (Å²) in [4.78, 5) is 10.8. The highest BCUT2D eigenvalue weighted by atomic mass is 19.2. The Morgan fingerprint density at radius 3 is 1.76 bits per heavy atom. The summed E-state index contributed by atoms with van der Waals surface area (Å²) in [6.07, 6.45) is 12.0. The summed E-state index contributed by atoms with van der Waals surface area (Å²) in [5, 5.41) is 0. The summed E-state index contributed by atoms with van der Waals surface area (Å²) in [5.74, 6) is -1.66. The molecule has 0 N–H and O–H groups in total. The van der Waals surface area contributed by atoms with E-state index in [0.717, 1.165) is 62.9 Å². The average molecular weight is 352 g/mol. The van der Waals surface area contributed by atoms with E-state index in [9.17, 15) is 18.0 Å².